The Balaban J connectivity index is 2.33. The molecule has 1 aromatic rings. The van der Waals surface area contributed by atoms with Crippen molar-refractivity contribution in [3.05, 3.63) is 15.6 Å². The summed E-state index contributed by atoms with van der Waals surface area (Å²) in [4.78, 5) is 6.10. The first-order chi connectivity index (χ1) is 6.07. The Bertz CT molecular complexity index is 315. The van der Waals surface area contributed by atoms with Crippen LogP contribution in [0.5, 0.6) is 0 Å². The SMILES string of the molecule is Cc1nc2c(s1)C[N+](C)(C)CCC2. The third kappa shape index (κ3) is 1.92. The standard InChI is InChI=1S/C10H17N2S/c1-8-11-9-5-4-6-12(2,3)7-10(9)13-8/h4-7H2,1-3H3/q+1. The summed E-state index contributed by atoms with van der Waals surface area (Å²) < 4.78 is 1.12. The maximum atomic E-state index is 4.59. The summed E-state index contributed by atoms with van der Waals surface area (Å²) in [5, 5.41) is 1.23. The van der Waals surface area contributed by atoms with Crippen LogP contribution < -0.4 is 0 Å². The second-order valence-corrected chi connectivity index (χ2v) is 5.81. The molecular formula is C10H17N2S+. The van der Waals surface area contributed by atoms with Crippen molar-refractivity contribution in [2.75, 3.05) is 20.6 Å². The topological polar surface area (TPSA) is 12.9 Å². The molecule has 3 heteroatoms. The van der Waals surface area contributed by atoms with Crippen LogP contribution in [0.2, 0.25) is 0 Å². The monoisotopic (exact) mass is 197 g/mol. The molecule has 0 radical (unpaired) electrons. The Morgan fingerprint density at radius 2 is 2.15 bits per heavy atom. The highest BCUT2D eigenvalue weighted by atomic mass is 32.1. The molecular weight excluding hydrogens is 180 g/mol. The summed E-state index contributed by atoms with van der Waals surface area (Å²) in [6.07, 6.45) is 2.46. The molecule has 0 saturated carbocycles. The van der Waals surface area contributed by atoms with Crippen LogP contribution in [0.3, 0.4) is 0 Å². The summed E-state index contributed by atoms with van der Waals surface area (Å²) in [7, 11) is 4.62. The van der Waals surface area contributed by atoms with E-state index in [2.05, 4.69) is 26.0 Å². The van der Waals surface area contributed by atoms with Crippen LogP contribution in [0.25, 0.3) is 0 Å². The van der Waals surface area contributed by atoms with Gasteiger partial charge in [0.1, 0.15) is 6.54 Å². The van der Waals surface area contributed by atoms with E-state index in [-0.39, 0.29) is 0 Å². The van der Waals surface area contributed by atoms with Crippen LogP contribution in [0.1, 0.15) is 22.0 Å². The maximum absolute atomic E-state index is 4.59. The van der Waals surface area contributed by atoms with E-state index in [4.69, 9.17) is 0 Å². The Hall–Kier alpha value is -0.410. The lowest BCUT2D eigenvalue weighted by atomic mass is 10.2. The third-order valence-corrected chi connectivity index (χ3v) is 3.63. The van der Waals surface area contributed by atoms with Crippen LogP contribution in [-0.2, 0) is 13.0 Å². The van der Waals surface area contributed by atoms with Gasteiger partial charge in [-0.05, 0) is 13.3 Å². The van der Waals surface area contributed by atoms with Gasteiger partial charge in [-0.3, -0.25) is 0 Å². The van der Waals surface area contributed by atoms with Gasteiger partial charge < -0.3 is 4.48 Å². The van der Waals surface area contributed by atoms with Gasteiger partial charge in [0.05, 0.1) is 36.2 Å². The van der Waals surface area contributed by atoms with E-state index in [1.165, 1.54) is 41.5 Å². The molecule has 72 valence electrons. The first kappa shape index (κ1) is 9.16. The van der Waals surface area contributed by atoms with Crippen molar-refractivity contribution in [1.29, 1.82) is 0 Å². The number of nitrogens with zero attached hydrogens (tertiary/aromatic N) is 2. The van der Waals surface area contributed by atoms with Gasteiger partial charge in [-0.15, -0.1) is 11.3 Å². The molecule has 2 nitrogen and oxygen atoms in total. The highest BCUT2D eigenvalue weighted by Gasteiger charge is 2.24. The lowest BCUT2D eigenvalue weighted by molar-refractivity contribution is -0.902. The van der Waals surface area contributed by atoms with Crippen LogP contribution in [0.15, 0.2) is 0 Å². The minimum atomic E-state index is 1.12. The van der Waals surface area contributed by atoms with Crippen LogP contribution >= 0.6 is 11.3 Å². The van der Waals surface area contributed by atoms with E-state index in [1.807, 2.05) is 11.3 Å². The average Bonchev–Trinajstić information content (AvgIpc) is 2.23. The molecule has 0 unspecified atom stereocenters. The molecule has 0 aliphatic carbocycles. The molecule has 0 fully saturated rings. The Labute approximate surface area is 83.8 Å². The van der Waals surface area contributed by atoms with Crippen molar-refractivity contribution >= 4 is 11.3 Å². The van der Waals surface area contributed by atoms with Gasteiger partial charge in [-0.1, -0.05) is 0 Å². The molecule has 13 heavy (non-hydrogen) atoms. The first-order valence-corrected chi connectivity index (χ1v) is 5.66. The van der Waals surface area contributed by atoms with Crippen molar-refractivity contribution in [3.63, 3.8) is 0 Å². The molecule has 0 atom stereocenters. The lowest BCUT2D eigenvalue weighted by Crippen LogP contribution is -2.38. The zero-order valence-electron chi connectivity index (χ0n) is 8.63. The van der Waals surface area contributed by atoms with E-state index in [1.54, 1.807) is 0 Å². The van der Waals surface area contributed by atoms with Crippen molar-refractivity contribution < 1.29 is 4.48 Å². The number of hydrogen-bond acceptors (Lipinski definition) is 2. The molecule has 2 rings (SSSR count). The third-order valence-electron chi connectivity index (χ3n) is 2.63. The van der Waals surface area contributed by atoms with Gasteiger partial charge in [-0.2, -0.15) is 0 Å². The van der Waals surface area contributed by atoms with E-state index in [9.17, 15) is 0 Å². The Morgan fingerprint density at radius 1 is 1.38 bits per heavy atom. The zero-order valence-corrected chi connectivity index (χ0v) is 9.45. The summed E-state index contributed by atoms with van der Waals surface area (Å²) >= 11 is 1.88. The fraction of sp³-hybridized carbons (Fsp3) is 0.700. The van der Waals surface area contributed by atoms with Crippen molar-refractivity contribution in [2.24, 2.45) is 0 Å². The van der Waals surface area contributed by atoms with Crippen LogP contribution in [-0.4, -0.2) is 30.1 Å². The Kier molecular flexibility index (Phi) is 2.16. The van der Waals surface area contributed by atoms with Crippen molar-refractivity contribution in [3.8, 4) is 0 Å². The molecule has 2 heterocycles. The largest absolute Gasteiger partial charge is 0.324 e. The quantitative estimate of drug-likeness (QED) is 0.580. The molecule has 0 saturated heterocycles. The van der Waals surface area contributed by atoms with E-state index in [0.717, 1.165) is 4.48 Å². The van der Waals surface area contributed by atoms with E-state index in [0.29, 0.717) is 0 Å². The van der Waals surface area contributed by atoms with Crippen molar-refractivity contribution in [2.45, 2.75) is 26.3 Å². The van der Waals surface area contributed by atoms with Gasteiger partial charge in [0, 0.05) is 6.42 Å². The number of aromatic nitrogens is 1. The molecule has 0 aromatic carbocycles. The van der Waals surface area contributed by atoms with E-state index < -0.39 is 0 Å². The number of thiazole rings is 1. The van der Waals surface area contributed by atoms with Crippen LogP contribution in [0, 0.1) is 6.92 Å². The molecule has 0 bridgehead atoms. The van der Waals surface area contributed by atoms with Crippen LogP contribution in [0.4, 0.5) is 0 Å². The first-order valence-electron chi connectivity index (χ1n) is 4.84. The van der Waals surface area contributed by atoms with Gasteiger partial charge >= 0.3 is 0 Å². The Morgan fingerprint density at radius 3 is 2.92 bits per heavy atom. The lowest BCUT2D eigenvalue weighted by Gasteiger charge is -2.27. The predicted molar refractivity (Wildman–Crippen MR) is 55.9 cm³/mol. The number of fused-ring (bicyclic) bond motifs is 1. The highest BCUT2D eigenvalue weighted by Crippen LogP contribution is 2.26. The highest BCUT2D eigenvalue weighted by molar-refractivity contribution is 7.11. The molecule has 1 aromatic heterocycles. The molecule has 0 spiro atoms. The molecule has 1 aliphatic rings. The fourth-order valence-corrected chi connectivity index (χ4v) is 3.17. The molecule has 0 amide bonds. The summed E-state index contributed by atoms with van der Waals surface area (Å²) in [6.45, 7) is 4.56. The van der Waals surface area contributed by atoms with Gasteiger partial charge in [0.15, 0.2) is 0 Å². The van der Waals surface area contributed by atoms with E-state index >= 15 is 0 Å². The molecule has 0 N–H and O–H groups in total. The summed E-state index contributed by atoms with van der Waals surface area (Å²) in [6, 6.07) is 0. The zero-order chi connectivity index (χ0) is 9.47. The fourth-order valence-electron chi connectivity index (χ4n) is 1.97. The van der Waals surface area contributed by atoms with Crippen molar-refractivity contribution in [1.82, 2.24) is 4.98 Å². The number of quaternary nitrogens is 1. The molecule has 1 aliphatic heterocycles. The summed E-state index contributed by atoms with van der Waals surface area (Å²) in [5.41, 5.74) is 1.37. The maximum Gasteiger partial charge on any atom is 0.115 e. The number of rotatable bonds is 0. The predicted octanol–water partition coefficient (Wildman–Crippen LogP) is 1.97. The van der Waals surface area contributed by atoms with Gasteiger partial charge in [-0.25, -0.2) is 4.98 Å². The average molecular weight is 197 g/mol. The second kappa shape index (κ2) is 3.07. The normalized spacial score (nSPS) is 20.8. The van der Waals surface area contributed by atoms with Gasteiger partial charge in [0.25, 0.3) is 0 Å². The van der Waals surface area contributed by atoms with Gasteiger partial charge in [0.2, 0.25) is 0 Å². The smallest absolute Gasteiger partial charge is 0.115 e. The summed E-state index contributed by atoms with van der Waals surface area (Å²) in [5.74, 6) is 0. The number of hydrogen-bond donors (Lipinski definition) is 0. The number of aryl methyl sites for hydroxylation is 2. The second-order valence-electron chi connectivity index (χ2n) is 4.52. The minimum absolute atomic E-state index is 1.12. The minimum Gasteiger partial charge on any atom is -0.324 e.